The van der Waals surface area contributed by atoms with Gasteiger partial charge in [0, 0.05) is 11.3 Å². The molecule has 0 aromatic carbocycles. The molecule has 0 aromatic heterocycles. The fourth-order valence-electron chi connectivity index (χ4n) is 2.57. The maximum atomic E-state index is 11.2. The van der Waals surface area contributed by atoms with Crippen molar-refractivity contribution in [2.75, 3.05) is 0 Å². The first-order valence-electron chi connectivity index (χ1n) is 4.67. The van der Waals surface area contributed by atoms with Crippen molar-refractivity contribution in [2.24, 2.45) is 22.5 Å². The highest BCUT2D eigenvalue weighted by Gasteiger charge is 2.54. The highest BCUT2D eigenvalue weighted by Crippen LogP contribution is 2.52. The summed E-state index contributed by atoms with van der Waals surface area (Å²) in [6.45, 7) is 7.76. The molecule has 0 radical (unpaired) electrons. The van der Waals surface area contributed by atoms with Gasteiger partial charge in [0.2, 0.25) is 5.91 Å². The van der Waals surface area contributed by atoms with Gasteiger partial charge in [-0.25, -0.2) is 0 Å². The normalized spacial score (nSPS) is 36.1. The summed E-state index contributed by atoms with van der Waals surface area (Å²) in [7, 11) is 0. The molecule has 3 nitrogen and oxygen atoms in total. The van der Waals surface area contributed by atoms with Crippen molar-refractivity contribution < 1.29 is 9.90 Å². The average Bonchev–Trinajstić information content (AvgIpc) is 2.11. The minimum Gasteiger partial charge on any atom is -0.392 e. The molecule has 0 unspecified atom stereocenters. The van der Waals surface area contributed by atoms with Gasteiger partial charge < -0.3 is 10.8 Å². The van der Waals surface area contributed by atoms with Gasteiger partial charge in [0.1, 0.15) is 0 Å². The van der Waals surface area contributed by atoms with Crippen molar-refractivity contribution in [1.82, 2.24) is 0 Å². The minimum atomic E-state index is -0.461. The predicted octanol–water partition coefficient (Wildman–Crippen LogP) is 0.905. The largest absolute Gasteiger partial charge is 0.392 e. The summed E-state index contributed by atoms with van der Waals surface area (Å²) in [4.78, 5) is 11.2. The van der Waals surface area contributed by atoms with Crippen LogP contribution in [0.5, 0.6) is 0 Å². The second-order valence-electron chi connectivity index (χ2n) is 5.37. The standard InChI is InChI=1S/C10H19NO2/c1-9(2)5-6(7(11)12)10(3,4)8(9)13/h6,8,13H,5H2,1-4H3,(H2,11,12)/t6-,8+/m0/s1. The van der Waals surface area contributed by atoms with Crippen LogP contribution in [0.15, 0.2) is 0 Å². The molecule has 0 aromatic rings. The van der Waals surface area contributed by atoms with Crippen LogP contribution in [0, 0.1) is 16.7 Å². The summed E-state index contributed by atoms with van der Waals surface area (Å²) in [5.41, 5.74) is 4.71. The molecule has 1 rings (SSSR count). The molecule has 13 heavy (non-hydrogen) atoms. The average molecular weight is 185 g/mol. The smallest absolute Gasteiger partial charge is 0.221 e. The molecule has 1 fully saturated rings. The van der Waals surface area contributed by atoms with Gasteiger partial charge in [-0.15, -0.1) is 0 Å². The third-order valence-corrected chi connectivity index (χ3v) is 3.42. The van der Waals surface area contributed by atoms with E-state index in [1.54, 1.807) is 0 Å². The number of carbonyl (C=O) groups is 1. The van der Waals surface area contributed by atoms with E-state index in [0.29, 0.717) is 6.42 Å². The first kappa shape index (κ1) is 10.5. The molecule has 0 spiro atoms. The zero-order valence-electron chi connectivity index (χ0n) is 8.79. The minimum absolute atomic E-state index is 0.205. The molecule has 0 bridgehead atoms. The second-order valence-corrected chi connectivity index (χ2v) is 5.37. The van der Waals surface area contributed by atoms with Crippen molar-refractivity contribution in [2.45, 2.75) is 40.2 Å². The molecule has 2 atom stereocenters. The Balaban J connectivity index is 3.00. The Morgan fingerprint density at radius 3 is 2.00 bits per heavy atom. The van der Waals surface area contributed by atoms with Gasteiger partial charge in [-0.05, 0) is 11.8 Å². The summed E-state index contributed by atoms with van der Waals surface area (Å²) in [6.07, 6.45) is 0.216. The number of hydrogen-bond acceptors (Lipinski definition) is 2. The third-order valence-electron chi connectivity index (χ3n) is 3.42. The van der Waals surface area contributed by atoms with Crippen LogP contribution in [0.1, 0.15) is 34.1 Å². The summed E-state index contributed by atoms with van der Waals surface area (Å²) in [5.74, 6) is -0.507. The topological polar surface area (TPSA) is 63.3 Å². The quantitative estimate of drug-likeness (QED) is 0.637. The number of amides is 1. The van der Waals surface area contributed by atoms with E-state index in [0.717, 1.165) is 0 Å². The SMILES string of the molecule is CC1(C)C[C@@H](C(N)=O)C(C)(C)[C@@H]1O. The first-order chi connectivity index (χ1) is 5.69. The number of rotatable bonds is 1. The van der Waals surface area contributed by atoms with E-state index in [9.17, 15) is 9.90 Å². The molecule has 0 saturated heterocycles. The predicted molar refractivity (Wildman–Crippen MR) is 50.9 cm³/mol. The zero-order chi connectivity index (χ0) is 10.4. The fraction of sp³-hybridized carbons (Fsp3) is 0.900. The molecular weight excluding hydrogens is 166 g/mol. The van der Waals surface area contributed by atoms with Crippen molar-refractivity contribution in [3.05, 3.63) is 0 Å². The highest BCUT2D eigenvalue weighted by atomic mass is 16.3. The Bertz CT molecular complexity index is 233. The van der Waals surface area contributed by atoms with E-state index < -0.39 is 11.5 Å². The molecule has 0 aliphatic heterocycles. The van der Waals surface area contributed by atoms with Crippen LogP contribution in [0.2, 0.25) is 0 Å². The van der Waals surface area contributed by atoms with Crippen LogP contribution in [0.25, 0.3) is 0 Å². The Hall–Kier alpha value is -0.570. The van der Waals surface area contributed by atoms with Gasteiger partial charge in [-0.1, -0.05) is 27.7 Å². The third kappa shape index (κ3) is 1.46. The summed E-state index contributed by atoms with van der Waals surface area (Å²) < 4.78 is 0. The number of hydrogen-bond donors (Lipinski definition) is 2. The lowest BCUT2D eigenvalue weighted by Gasteiger charge is -2.31. The van der Waals surface area contributed by atoms with Crippen molar-refractivity contribution in [3.8, 4) is 0 Å². The van der Waals surface area contributed by atoms with Crippen LogP contribution in [0.4, 0.5) is 0 Å². The molecule has 76 valence electrons. The Morgan fingerprint density at radius 1 is 1.38 bits per heavy atom. The Labute approximate surface area is 79.3 Å². The highest BCUT2D eigenvalue weighted by molar-refractivity contribution is 5.78. The molecule has 1 aliphatic rings. The van der Waals surface area contributed by atoms with Gasteiger partial charge in [0.25, 0.3) is 0 Å². The fourth-order valence-corrected chi connectivity index (χ4v) is 2.57. The van der Waals surface area contributed by atoms with Crippen molar-refractivity contribution in [3.63, 3.8) is 0 Å². The van der Waals surface area contributed by atoms with Crippen molar-refractivity contribution in [1.29, 1.82) is 0 Å². The number of primary amides is 1. The molecular formula is C10H19NO2. The van der Waals surface area contributed by atoms with Gasteiger partial charge in [0.15, 0.2) is 0 Å². The van der Waals surface area contributed by atoms with E-state index >= 15 is 0 Å². The number of aliphatic hydroxyl groups is 1. The lowest BCUT2D eigenvalue weighted by atomic mass is 9.78. The monoisotopic (exact) mass is 185 g/mol. The maximum Gasteiger partial charge on any atom is 0.221 e. The molecule has 1 aliphatic carbocycles. The van der Waals surface area contributed by atoms with Crippen LogP contribution in [-0.4, -0.2) is 17.1 Å². The van der Waals surface area contributed by atoms with E-state index in [4.69, 9.17) is 5.73 Å². The maximum absolute atomic E-state index is 11.2. The van der Waals surface area contributed by atoms with Gasteiger partial charge in [-0.2, -0.15) is 0 Å². The zero-order valence-corrected chi connectivity index (χ0v) is 8.79. The second kappa shape index (κ2) is 2.71. The molecule has 1 amide bonds. The Morgan fingerprint density at radius 2 is 1.85 bits per heavy atom. The van der Waals surface area contributed by atoms with E-state index in [-0.39, 0.29) is 17.2 Å². The van der Waals surface area contributed by atoms with Crippen LogP contribution < -0.4 is 5.73 Å². The van der Waals surface area contributed by atoms with Crippen LogP contribution in [0.3, 0.4) is 0 Å². The van der Waals surface area contributed by atoms with Gasteiger partial charge in [-0.3, -0.25) is 4.79 Å². The molecule has 3 heteroatoms. The van der Waals surface area contributed by atoms with Gasteiger partial charge in [0.05, 0.1) is 6.10 Å². The number of carbonyl (C=O) groups excluding carboxylic acids is 1. The summed E-state index contributed by atoms with van der Waals surface area (Å²) >= 11 is 0. The summed E-state index contributed by atoms with van der Waals surface area (Å²) in [5, 5.41) is 10.00. The van der Waals surface area contributed by atoms with Crippen LogP contribution >= 0.6 is 0 Å². The lowest BCUT2D eigenvalue weighted by Crippen LogP contribution is -2.38. The van der Waals surface area contributed by atoms with Crippen LogP contribution in [-0.2, 0) is 4.79 Å². The van der Waals surface area contributed by atoms with Crippen molar-refractivity contribution >= 4 is 5.91 Å². The summed E-state index contributed by atoms with van der Waals surface area (Å²) in [6, 6.07) is 0. The van der Waals surface area contributed by atoms with E-state index in [2.05, 4.69) is 0 Å². The van der Waals surface area contributed by atoms with E-state index in [1.807, 2.05) is 27.7 Å². The Kier molecular flexibility index (Phi) is 2.19. The number of aliphatic hydroxyl groups excluding tert-OH is 1. The molecule has 1 saturated carbocycles. The van der Waals surface area contributed by atoms with Gasteiger partial charge >= 0.3 is 0 Å². The molecule has 0 heterocycles. The van der Waals surface area contributed by atoms with E-state index in [1.165, 1.54) is 0 Å². The number of nitrogens with two attached hydrogens (primary N) is 1. The molecule has 3 N–H and O–H groups in total. The first-order valence-corrected chi connectivity index (χ1v) is 4.67. The lowest BCUT2D eigenvalue weighted by molar-refractivity contribution is -0.125.